The molecule has 0 aliphatic rings. The maximum Gasteiger partial charge on any atom is 0.338 e. The van der Waals surface area contributed by atoms with Crippen LogP contribution in [0.3, 0.4) is 0 Å². The van der Waals surface area contributed by atoms with Crippen LogP contribution in [0.4, 0.5) is 5.69 Å². The smallest absolute Gasteiger partial charge is 0.338 e. The zero-order chi connectivity index (χ0) is 33.8. The Morgan fingerprint density at radius 2 is 1.40 bits per heavy atom. The molecular formula is C35H34N2O10. The second kappa shape index (κ2) is 16.8. The lowest BCUT2D eigenvalue weighted by Gasteiger charge is -2.14. The molecule has 0 aromatic heterocycles. The third-order valence-corrected chi connectivity index (χ3v) is 7.08. The molecule has 4 rings (SSSR count). The number of anilines is 1. The van der Waals surface area contributed by atoms with E-state index in [0.29, 0.717) is 34.2 Å². The molecule has 47 heavy (non-hydrogen) atoms. The number of benzene rings is 4. The lowest BCUT2D eigenvalue weighted by Crippen LogP contribution is -2.18. The molecule has 0 aliphatic carbocycles. The number of rotatable bonds is 15. The molecule has 0 radical (unpaired) electrons. The molecule has 0 saturated carbocycles. The van der Waals surface area contributed by atoms with E-state index >= 15 is 0 Å². The number of carbonyl (C=O) groups is 4. The molecule has 12 nitrogen and oxygen atoms in total. The number of hydrogen-bond donors (Lipinski definition) is 4. The number of amides is 1. The first kappa shape index (κ1) is 34.5. The van der Waals surface area contributed by atoms with Crippen molar-refractivity contribution in [2.75, 3.05) is 25.6 Å². The molecule has 0 unspecified atom stereocenters. The van der Waals surface area contributed by atoms with Gasteiger partial charge >= 0.3 is 17.9 Å². The molecule has 1 amide bonds. The van der Waals surface area contributed by atoms with Gasteiger partial charge in [0.1, 0.15) is 19.8 Å². The number of ether oxygens (including phenoxy) is 2. The fourth-order valence-electron chi connectivity index (χ4n) is 4.69. The van der Waals surface area contributed by atoms with Crippen molar-refractivity contribution in [1.82, 2.24) is 5.48 Å². The van der Waals surface area contributed by atoms with Gasteiger partial charge in [-0.05, 0) is 82.8 Å². The normalized spacial score (nSPS) is 10.7. The molecule has 0 spiro atoms. The van der Waals surface area contributed by atoms with Crippen LogP contribution in [0.2, 0.25) is 0 Å². The summed E-state index contributed by atoms with van der Waals surface area (Å²) in [5, 5.41) is 21.5. The van der Waals surface area contributed by atoms with Crippen LogP contribution in [0.5, 0.6) is 0 Å². The summed E-state index contributed by atoms with van der Waals surface area (Å²) in [6, 6.07) is 22.8. The van der Waals surface area contributed by atoms with Crippen LogP contribution in [0, 0.1) is 0 Å². The van der Waals surface area contributed by atoms with E-state index in [0.717, 1.165) is 5.56 Å². The van der Waals surface area contributed by atoms with Gasteiger partial charge in [0.25, 0.3) is 5.91 Å². The van der Waals surface area contributed by atoms with Crippen molar-refractivity contribution in [2.24, 2.45) is 0 Å². The number of carbonyl (C=O) groups excluding carboxylic acids is 3. The van der Waals surface area contributed by atoms with Crippen LogP contribution < -0.4 is 10.8 Å². The number of aromatic carboxylic acids is 1. The number of hydroxylamine groups is 1. The van der Waals surface area contributed by atoms with Crippen LogP contribution in [-0.2, 0) is 38.8 Å². The van der Waals surface area contributed by atoms with Gasteiger partial charge in [-0.1, -0.05) is 43.3 Å². The second-order valence-electron chi connectivity index (χ2n) is 10.2. The van der Waals surface area contributed by atoms with Gasteiger partial charge in [-0.15, -0.1) is 0 Å². The first-order chi connectivity index (χ1) is 22.7. The van der Waals surface area contributed by atoms with Gasteiger partial charge < -0.3 is 19.9 Å². The van der Waals surface area contributed by atoms with Gasteiger partial charge in [-0.2, -0.15) is 0 Å². The third-order valence-electron chi connectivity index (χ3n) is 7.08. The van der Waals surface area contributed by atoms with Crippen molar-refractivity contribution < 1.29 is 48.7 Å². The number of carboxylic acid groups (broad SMARTS) is 1. The van der Waals surface area contributed by atoms with E-state index in [1.807, 2.05) is 6.92 Å². The first-order valence-electron chi connectivity index (χ1n) is 14.6. The average molecular weight is 643 g/mol. The minimum absolute atomic E-state index is 0.0671. The summed E-state index contributed by atoms with van der Waals surface area (Å²) in [5.41, 5.74) is 6.38. The van der Waals surface area contributed by atoms with Gasteiger partial charge in [-0.25, -0.2) is 24.8 Å². The summed E-state index contributed by atoms with van der Waals surface area (Å²) in [7, 11) is 1.61. The van der Waals surface area contributed by atoms with Crippen LogP contribution in [0.25, 0.3) is 11.1 Å². The molecule has 4 aromatic rings. The van der Waals surface area contributed by atoms with Gasteiger partial charge in [0.2, 0.25) is 0 Å². The molecule has 4 aromatic carbocycles. The van der Waals surface area contributed by atoms with E-state index in [-0.39, 0.29) is 48.8 Å². The highest BCUT2D eigenvalue weighted by molar-refractivity contribution is 6.11. The maximum absolute atomic E-state index is 13.5. The zero-order valence-corrected chi connectivity index (χ0v) is 25.8. The standard InChI is InChI=1S/C35H34N2O10/c1-3-22-15-27(35(42)45-14-13-44-34(41)23-7-5-4-6-8-23)18-29(16-22)37-32(38)31-19-25(11-12-30(31)33(39)40)24-9-10-26(21-47-43)28(17-24)20-46-36-2/h4-12,15-19,36,43H,3,13-14,20-21H2,1-2H3,(H,37,38)(H,39,40). The van der Waals surface area contributed by atoms with Crippen molar-refractivity contribution >= 4 is 29.5 Å². The highest BCUT2D eigenvalue weighted by Crippen LogP contribution is 2.27. The lowest BCUT2D eigenvalue weighted by molar-refractivity contribution is -0.253. The van der Waals surface area contributed by atoms with E-state index in [2.05, 4.69) is 15.7 Å². The Bertz CT molecular complexity index is 1740. The maximum atomic E-state index is 13.5. The third kappa shape index (κ3) is 9.31. The second-order valence-corrected chi connectivity index (χ2v) is 10.2. The highest BCUT2D eigenvalue weighted by Gasteiger charge is 2.20. The largest absolute Gasteiger partial charge is 0.478 e. The average Bonchev–Trinajstić information content (AvgIpc) is 3.09. The first-order valence-corrected chi connectivity index (χ1v) is 14.6. The van der Waals surface area contributed by atoms with Crippen LogP contribution in [0.15, 0.2) is 84.9 Å². The van der Waals surface area contributed by atoms with E-state index in [9.17, 15) is 24.3 Å². The predicted octanol–water partition coefficient (Wildman–Crippen LogP) is 5.52. The minimum atomic E-state index is -1.29. The van der Waals surface area contributed by atoms with E-state index in [4.69, 9.17) is 19.6 Å². The van der Waals surface area contributed by atoms with Crippen LogP contribution >= 0.6 is 0 Å². The SMILES string of the molecule is CCc1cc(NC(=O)c2cc(-c3ccc(COO)c(CONC)c3)ccc2C(=O)O)cc(C(=O)OCCOC(=O)c2ccccc2)c1. The fourth-order valence-corrected chi connectivity index (χ4v) is 4.69. The van der Waals surface area contributed by atoms with E-state index in [1.54, 1.807) is 73.8 Å². The summed E-state index contributed by atoms with van der Waals surface area (Å²) in [6.07, 6.45) is 0.533. The topological polar surface area (TPSA) is 170 Å². The van der Waals surface area contributed by atoms with Crippen molar-refractivity contribution in [3.8, 4) is 11.1 Å². The Kier molecular flexibility index (Phi) is 12.3. The van der Waals surface area contributed by atoms with Crippen molar-refractivity contribution in [3.63, 3.8) is 0 Å². The monoisotopic (exact) mass is 642 g/mol. The number of esters is 2. The van der Waals surface area contributed by atoms with Crippen molar-refractivity contribution in [2.45, 2.75) is 26.6 Å². The Morgan fingerprint density at radius 3 is 2.06 bits per heavy atom. The molecule has 0 bridgehead atoms. The molecule has 0 fully saturated rings. The lowest BCUT2D eigenvalue weighted by atomic mass is 9.95. The number of hydrogen-bond acceptors (Lipinski definition) is 10. The van der Waals surface area contributed by atoms with E-state index in [1.165, 1.54) is 18.2 Å². The molecule has 0 saturated heterocycles. The van der Waals surface area contributed by atoms with E-state index < -0.39 is 23.8 Å². The number of aryl methyl sites for hydroxylation is 1. The molecule has 0 atom stereocenters. The predicted molar refractivity (Wildman–Crippen MR) is 171 cm³/mol. The van der Waals surface area contributed by atoms with Gasteiger partial charge in [0.15, 0.2) is 0 Å². The Hall–Kier alpha value is -5.40. The Balaban J connectivity index is 1.52. The summed E-state index contributed by atoms with van der Waals surface area (Å²) in [5.74, 6) is -3.22. The quantitative estimate of drug-likeness (QED) is 0.0557. The number of carboxylic acids is 1. The van der Waals surface area contributed by atoms with Gasteiger partial charge in [0, 0.05) is 12.7 Å². The summed E-state index contributed by atoms with van der Waals surface area (Å²) >= 11 is 0. The Morgan fingerprint density at radius 1 is 0.723 bits per heavy atom. The van der Waals surface area contributed by atoms with Crippen LogP contribution in [0.1, 0.15) is 65.0 Å². The molecule has 0 aliphatic heterocycles. The highest BCUT2D eigenvalue weighted by atomic mass is 17.1. The van der Waals surface area contributed by atoms with Crippen LogP contribution in [-0.4, -0.2) is 54.4 Å². The zero-order valence-electron chi connectivity index (χ0n) is 25.8. The molecular weight excluding hydrogens is 608 g/mol. The molecule has 0 heterocycles. The molecule has 4 N–H and O–H groups in total. The van der Waals surface area contributed by atoms with Crippen molar-refractivity contribution in [3.05, 3.63) is 124 Å². The fraction of sp³-hybridized carbons (Fsp3) is 0.200. The number of nitrogens with one attached hydrogen (secondary N) is 2. The van der Waals surface area contributed by atoms with Crippen molar-refractivity contribution in [1.29, 1.82) is 0 Å². The van der Waals surface area contributed by atoms with Gasteiger partial charge in [0.05, 0.1) is 28.9 Å². The summed E-state index contributed by atoms with van der Waals surface area (Å²) < 4.78 is 10.4. The van der Waals surface area contributed by atoms with Gasteiger partial charge in [-0.3, -0.25) is 14.9 Å². The Labute approximate surface area is 270 Å². The molecule has 12 heteroatoms. The minimum Gasteiger partial charge on any atom is -0.478 e. The summed E-state index contributed by atoms with van der Waals surface area (Å²) in [4.78, 5) is 60.1. The molecule has 244 valence electrons. The summed E-state index contributed by atoms with van der Waals surface area (Å²) in [6.45, 7) is 1.63.